The molecule has 104 valence electrons. The Bertz CT molecular complexity index is 427. The zero-order valence-corrected chi connectivity index (χ0v) is 12.4. The molecule has 0 saturated carbocycles. The van der Waals surface area contributed by atoms with Crippen LogP contribution in [0.2, 0.25) is 0 Å². The van der Waals surface area contributed by atoms with Crippen LogP contribution in [0.25, 0.3) is 5.57 Å². The summed E-state index contributed by atoms with van der Waals surface area (Å²) in [6.45, 7) is 9.85. The molecule has 1 aromatic rings. The molecule has 0 saturated heterocycles. The van der Waals surface area contributed by atoms with Crippen molar-refractivity contribution in [2.45, 2.75) is 46.7 Å². The monoisotopic (exact) mass is 261 g/mol. The van der Waals surface area contributed by atoms with Crippen LogP contribution in [0.1, 0.15) is 40.2 Å². The lowest BCUT2D eigenvalue weighted by Gasteiger charge is -2.29. The van der Waals surface area contributed by atoms with Gasteiger partial charge in [0.2, 0.25) is 0 Å². The number of hydrogen-bond acceptors (Lipinski definition) is 2. The second-order valence-electron chi connectivity index (χ2n) is 5.15. The molecule has 0 spiro atoms. The molecule has 0 heterocycles. The van der Waals surface area contributed by atoms with Gasteiger partial charge in [0.25, 0.3) is 0 Å². The van der Waals surface area contributed by atoms with E-state index in [4.69, 9.17) is 4.74 Å². The first-order chi connectivity index (χ1) is 8.93. The number of ether oxygens (including phenoxy) is 1. The maximum atomic E-state index is 12.0. The lowest BCUT2D eigenvalue weighted by molar-refractivity contribution is 0.109. The highest BCUT2D eigenvalue weighted by Crippen LogP contribution is 2.14. The van der Waals surface area contributed by atoms with Crippen LogP contribution < -0.4 is 0 Å². The molecule has 1 aromatic carbocycles. The minimum Gasteiger partial charge on any atom is -0.418 e. The molecule has 0 aliphatic heterocycles. The van der Waals surface area contributed by atoms with Gasteiger partial charge in [0.05, 0.1) is 6.26 Å². The van der Waals surface area contributed by atoms with Crippen molar-refractivity contribution in [2.24, 2.45) is 0 Å². The smallest absolute Gasteiger partial charge is 0.415 e. The Kier molecular flexibility index (Phi) is 5.61. The number of benzene rings is 1. The molecular formula is C16H23NO2. The minimum atomic E-state index is -0.305. The van der Waals surface area contributed by atoms with Gasteiger partial charge in [0.15, 0.2) is 0 Å². The number of carbonyl (C=O) groups is 1. The van der Waals surface area contributed by atoms with Crippen molar-refractivity contribution in [2.75, 3.05) is 0 Å². The third kappa shape index (κ3) is 4.43. The Morgan fingerprint density at radius 3 is 2.11 bits per heavy atom. The number of carbonyl (C=O) groups excluding carboxylic acids is 1. The molecule has 1 rings (SSSR count). The number of allylic oxidation sites excluding steroid dienone is 1. The summed E-state index contributed by atoms with van der Waals surface area (Å²) in [6.07, 6.45) is 1.22. The van der Waals surface area contributed by atoms with Gasteiger partial charge >= 0.3 is 6.09 Å². The zero-order valence-electron chi connectivity index (χ0n) is 12.4. The zero-order chi connectivity index (χ0) is 14.4. The summed E-state index contributed by atoms with van der Waals surface area (Å²) in [6, 6.07) is 10.1. The first kappa shape index (κ1) is 15.3. The van der Waals surface area contributed by atoms with E-state index in [1.165, 1.54) is 6.26 Å². The predicted molar refractivity (Wildman–Crippen MR) is 78.7 cm³/mol. The van der Waals surface area contributed by atoms with E-state index in [9.17, 15) is 4.79 Å². The lowest BCUT2D eigenvalue weighted by atomic mass is 10.1. The average molecular weight is 261 g/mol. The van der Waals surface area contributed by atoms with Crippen molar-refractivity contribution >= 4 is 11.7 Å². The molecule has 3 heteroatoms. The molecule has 0 aliphatic carbocycles. The summed E-state index contributed by atoms with van der Waals surface area (Å²) < 4.78 is 5.27. The molecule has 0 aromatic heterocycles. The lowest BCUT2D eigenvalue weighted by Crippen LogP contribution is -2.41. The Morgan fingerprint density at radius 2 is 1.63 bits per heavy atom. The first-order valence-electron chi connectivity index (χ1n) is 6.64. The van der Waals surface area contributed by atoms with Gasteiger partial charge in [-0.15, -0.1) is 0 Å². The second kappa shape index (κ2) is 6.98. The van der Waals surface area contributed by atoms with E-state index in [-0.39, 0.29) is 18.2 Å². The summed E-state index contributed by atoms with van der Waals surface area (Å²) in [4.78, 5) is 13.7. The van der Waals surface area contributed by atoms with Crippen molar-refractivity contribution < 1.29 is 9.53 Å². The molecule has 3 nitrogen and oxygen atoms in total. The highest BCUT2D eigenvalue weighted by Gasteiger charge is 2.20. The third-order valence-electron chi connectivity index (χ3n) is 2.89. The maximum Gasteiger partial charge on any atom is 0.415 e. The van der Waals surface area contributed by atoms with E-state index in [1.54, 1.807) is 4.90 Å². The Hall–Kier alpha value is -1.77. The Morgan fingerprint density at radius 1 is 1.11 bits per heavy atom. The fourth-order valence-electron chi connectivity index (χ4n) is 1.99. The number of hydrogen-bond donors (Lipinski definition) is 0. The van der Waals surface area contributed by atoms with Crippen molar-refractivity contribution in [1.29, 1.82) is 0 Å². The molecule has 0 atom stereocenters. The molecule has 0 unspecified atom stereocenters. The van der Waals surface area contributed by atoms with E-state index < -0.39 is 0 Å². The summed E-state index contributed by atoms with van der Waals surface area (Å²) in [5, 5.41) is 0. The van der Waals surface area contributed by atoms with Crippen LogP contribution >= 0.6 is 0 Å². The average Bonchev–Trinajstić information content (AvgIpc) is 2.36. The Labute approximate surface area is 115 Å². The van der Waals surface area contributed by atoms with Gasteiger partial charge in [-0.2, -0.15) is 0 Å². The van der Waals surface area contributed by atoms with E-state index in [0.717, 1.165) is 11.1 Å². The van der Waals surface area contributed by atoms with Crippen molar-refractivity contribution in [3.8, 4) is 0 Å². The van der Waals surface area contributed by atoms with Crippen LogP contribution in [0.4, 0.5) is 4.79 Å². The van der Waals surface area contributed by atoms with E-state index in [1.807, 2.05) is 65.0 Å². The molecule has 0 fully saturated rings. The molecule has 0 bridgehead atoms. The standard InChI is InChI=1S/C16H23NO2/c1-12(2)17(13(3)4)16(18)19-11-14(5)15-9-7-6-8-10-15/h6-13H,1-5H3/b14-11+. The first-order valence-corrected chi connectivity index (χ1v) is 6.64. The number of nitrogens with zero attached hydrogens (tertiary/aromatic N) is 1. The van der Waals surface area contributed by atoms with Crippen molar-refractivity contribution in [3.05, 3.63) is 42.2 Å². The van der Waals surface area contributed by atoms with Crippen LogP contribution in [0, 0.1) is 0 Å². The SMILES string of the molecule is C/C(=C\OC(=O)N(C(C)C)C(C)C)c1ccccc1. The van der Waals surface area contributed by atoms with Crippen LogP contribution in [-0.2, 0) is 4.74 Å². The maximum absolute atomic E-state index is 12.0. The second-order valence-corrected chi connectivity index (χ2v) is 5.15. The summed E-state index contributed by atoms with van der Waals surface area (Å²) >= 11 is 0. The highest BCUT2D eigenvalue weighted by atomic mass is 16.5. The number of rotatable bonds is 4. The quantitative estimate of drug-likeness (QED) is 0.756. The topological polar surface area (TPSA) is 29.5 Å². The van der Waals surface area contributed by atoms with Crippen molar-refractivity contribution in [3.63, 3.8) is 0 Å². The minimum absolute atomic E-state index is 0.123. The molecule has 0 aliphatic rings. The van der Waals surface area contributed by atoms with E-state index in [2.05, 4.69) is 0 Å². The molecule has 1 amide bonds. The summed E-state index contributed by atoms with van der Waals surface area (Å²) in [5.74, 6) is 0. The van der Waals surface area contributed by atoms with Crippen LogP contribution in [0.15, 0.2) is 36.6 Å². The molecule has 0 N–H and O–H groups in total. The van der Waals surface area contributed by atoms with Gasteiger partial charge in [-0.25, -0.2) is 4.79 Å². The fourth-order valence-corrected chi connectivity index (χ4v) is 1.99. The van der Waals surface area contributed by atoms with Gasteiger partial charge in [-0.05, 0) is 45.8 Å². The van der Waals surface area contributed by atoms with Crippen LogP contribution in [-0.4, -0.2) is 23.1 Å². The van der Waals surface area contributed by atoms with Gasteiger partial charge in [-0.3, -0.25) is 0 Å². The van der Waals surface area contributed by atoms with Gasteiger partial charge in [0.1, 0.15) is 0 Å². The van der Waals surface area contributed by atoms with Crippen molar-refractivity contribution in [1.82, 2.24) is 4.90 Å². The highest BCUT2D eigenvalue weighted by molar-refractivity contribution is 5.71. The largest absolute Gasteiger partial charge is 0.418 e. The van der Waals surface area contributed by atoms with Gasteiger partial charge in [-0.1, -0.05) is 30.3 Å². The van der Waals surface area contributed by atoms with E-state index in [0.29, 0.717) is 0 Å². The fraction of sp³-hybridized carbons (Fsp3) is 0.438. The molecule has 19 heavy (non-hydrogen) atoms. The van der Waals surface area contributed by atoms with Gasteiger partial charge < -0.3 is 9.64 Å². The number of amides is 1. The Balaban J connectivity index is 2.72. The third-order valence-corrected chi connectivity index (χ3v) is 2.89. The summed E-state index contributed by atoms with van der Waals surface area (Å²) in [7, 11) is 0. The molecule has 0 radical (unpaired) electrons. The van der Waals surface area contributed by atoms with Crippen LogP contribution in [0.5, 0.6) is 0 Å². The van der Waals surface area contributed by atoms with E-state index >= 15 is 0 Å². The summed E-state index contributed by atoms with van der Waals surface area (Å²) in [5.41, 5.74) is 1.98. The molecular weight excluding hydrogens is 238 g/mol. The van der Waals surface area contributed by atoms with Crippen LogP contribution in [0.3, 0.4) is 0 Å². The van der Waals surface area contributed by atoms with Gasteiger partial charge in [0, 0.05) is 12.1 Å². The predicted octanol–water partition coefficient (Wildman–Crippen LogP) is 4.30. The normalized spacial score (nSPS) is 11.8.